The van der Waals surface area contributed by atoms with Crippen molar-refractivity contribution in [2.75, 3.05) is 18.1 Å². The molecule has 0 unspecified atom stereocenters. The number of carbonyl (C=O) groups is 1. The van der Waals surface area contributed by atoms with Gasteiger partial charge in [-0.25, -0.2) is 4.39 Å². The molecule has 0 atom stereocenters. The fourth-order valence-corrected chi connectivity index (χ4v) is 2.20. The first-order chi connectivity index (χ1) is 9.23. The van der Waals surface area contributed by atoms with Crippen LogP contribution in [0.4, 0.5) is 10.1 Å². The number of thioether (sulfide) groups is 1. The van der Waals surface area contributed by atoms with Crippen molar-refractivity contribution in [1.82, 2.24) is 0 Å². The van der Waals surface area contributed by atoms with E-state index in [1.54, 1.807) is 27.7 Å². The smallest absolute Gasteiger partial charge is 0.316 e. The van der Waals surface area contributed by atoms with Gasteiger partial charge in [0.1, 0.15) is 5.60 Å². The number of rotatable bonds is 5. The van der Waals surface area contributed by atoms with Crippen molar-refractivity contribution in [2.24, 2.45) is 0 Å². The van der Waals surface area contributed by atoms with E-state index in [9.17, 15) is 9.18 Å². The van der Waals surface area contributed by atoms with Gasteiger partial charge < -0.3 is 15.2 Å². The van der Waals surface area contributed by atoms with Crippen LogP contribution >= 0.6 is 11.8 Å². The Kier molecular flexibility index (Phi) is 5.68. The molecular formula is C14H20FNO3S. The third-order valence-corrected chi connectivity index (χ3v) is 3.17. The Balaban J connectivity index is 2.72. The summed E-state index contributed by atoms with van der Waals surface area (Å²) in [7, 11) is 0. The highest BCUT2D eigenvalue weighted by molar-refractivity contribution is 8.00. The van der Waals surface area contributed by atoms with Crippen LogP contribution in [0.15, 0.2) is 17.0 Å². The average molecular weight is 301 g/mol. The average Bonchev–Trinajstić information content (AvgIpc) is 2.29. The lowest BCUT2D eigenvalue weighted by Crippen LogP contribution is -2.24. The summed E-state index contributed by atoms with van der Waals surface area (Å²) in [5, 5.41) is 0. The van der Waals surface area contributed by atoms with Crippen LogP contribution in [-0.4, -0.2) is 23.9 Å². The van der Waals surface area contributed by atoms with Crippen molar-refractivity contribution in [1.29, 1.82) is 0 Å². The van der Waals surface area contributed by atoms with Crippen molar-refractivity contribution in [2.45, 2.75) is 38.2 Å². The largest absolute Gasteiger partial charge is 0.491 e. The first-order valence-corrected chi connectivity index (χ1v) is 7.28. The highest BCUT2D eigenvalue weighted by Gasteiger charge is 2.17. The van der Waals surface area contributed by atoms with Crippen LogP contribution in [0.1, 0.15) is 27.7 Å². The SMILES string of the molecule is CCOc1cc(SCC(=O)OC(C)(C)C)c(N)cc1F. The summed E-state index contributed by atoms with van der Waals surface area (Å²) in [6.45, 7) is 7.53. The fourth-order valence-electron chi connectivity index (χ4n) is 1.45. The molecule has 1 aromatic carbocycles. The molecule has 20 heavy (non-hydrogen) atoms. The molecular weight excluding hydrogens is 281 g/mol. The Labute approximate surface area is 122 Å². The zero-order chi connectivity index (χ0) is 15.3. The van der Waals surface area contributed by atoms with Gasteiger partial charge in [0.25, 0.3) is 0 Å². The second kappa shape index (κ2) is 6.83. The molecule has 1 rings (SSSR count). The molecule has 0 aliphatic rings. The van der Waals surface area contributed by atoms with Crippen LogP contribution < -0.4 is 10.5 Å². The van der Waals surface area contributed by atoms with Gasteiger partial charge in [-0.3, -0.25) is 4.79 Å². The molecule has 0 aromatic heterocycles. The lowest BCUT2D eigenvalue weighted by Gasteiger charge is -2.19. The quantitative estimate of drug-likeness (QED) is 0.514. The van der Waals surface area contributed by atoms with Crippen molar-refractivity contribution in [3.8, 4) is 5.75 Å². The minimum Gasteiger partial charge on any atom is -0.491 e. The van der Waals surface area contributed by atoms with Crippen LogP contribution in [-0.2, 0) is 9.53 Å². The van der Waals surface area contributed by atoms with Gasteiger partial charge in [0.05, 0.1) is 12.4 Å². The lowest BCUT2D eigenvalue weighted by atomic mass is 10.2. The van der Waals surface area contributed by atoms with E-state index in [4.69, 9.17) is 15.2 Å². The van der Waals surface area contributed by atoms with E-state index in [-0.39, 0.29) is 23.2 Å². The molecule has 4 nitrogen and oxygen atoms in total. The Hall–Kier alpha value is -1.43. The van der Waals surface area contributed by atoms with Gasteiger partial charge in [0.15, 0.2) is 11.6 Å². The Morgan fingerprint density at radius 2 is 2.05 bits per heavy atom. The molecule has 0 aliphatic heterocycles. The van der Waals surface area contributed by atoms with Crippen molar-refractivity contribution in [3.63, 3.8) is 0 Å². The number of carbonyl (C=O) groups excluding carboxylic acids is 1. The topological polar surface area (TPSA) is 61.5 Å². The van der Waals surface area contributed by atoms with Gasteiger partial charge >= 0.3 is 5.97 Å². The van der Waals surface area contributed by atoms with Crippen LogP contribution in [0, 0.1) is 5.82 Å². The number of hydrogen-bond acceptors (Lipinski definition) is 5. The third kappa shape index (κ3) is 5.28. The molecule has 0 spiro atoms. The number of nitrogens with two attached hydrogens (primary N) is 1. The van der Waals surface area contributed by atoms with Gasteiger partial charge in [-0.2, -0.15) is 0 Å². The van der Waals surface area contributed by atoms with E-state index in [1.807, 2.05) is 0 Å². The Morgan fingerprint density at radius 3 is 2.60 bits per heavy atom. The zero-order valence-corrected chi connectivity index (χ0v) is 13.0. The maximum atomic E-state index is 13.5. The van der Waals surface area contributed by atoms with E-state index in [1.165, 1.54) is 23.9 Å². The maximum Gasteiger partial charge on any atom is 0.316 e. The fraction of sp³-hybridized carbons (Fsp3) is 0.500. The van der Waals surface area contributed by atoms with Crippen LogP contribution in [0.3, 0.4) is 0 Å². The van der Waals surface area contributed by atoms with E-state index in [0.29, 0.717) is 11.5 Å². The van der Waals surface area contributed by atoms with Crippen LogP contribution in [0.2, 0.25) is 0 Å². The van der Waals surface area contributed by atoms with Crippen molar-refractivity contribution in [3.05, 3.63) is 17.9 Å². The number of halogens is 1. The number of esters is 1. The molecule has 0 aliphatic carbocycles. The third-order valence-electron chi connectivity index (χ3n) is 2.13. The summed E-state index contributed by atoms with van der Waals surface area (Å²) in [6, 6.07) is 2.70. The monoisotopic (exact) mass is 301 g/mol. The van der Waals surface area contributed by atoms with Gasteiger partial charge in [0, 0.05) is 16.6 Å². The summed E-state index contributed by atoms with van der Waals surface area (Å²) in [4.78, 5) is 12.2. The molecule has 1 aromatic rings. The van der Waals surface area contributed by atoms with Gasteiger partial charge in [-0.1, -0.05) is 0 Å². The number of anilines is 1. The van der Waals surface area contributed by atoms with E-state index in [2.05, 4.69) is 0 Å². The molecule has 0 radical (unpaired) electrons. The first kappa shape index (κ1) is 16.6. The van der Waals surface area contributed by atoms with E-state index < -0.39 is 11.4 Å². The molecule has 6 heteroatoms. The number of hydrogen-bond donors (Lipinski definition) is 1. The van der Waals surface area contributed by atoms with Crippen LogP contribution in [0.25, 0.3) is 0 Å². The number of nitrogen functional groups attached to an aromatic ring is 1. The maximum absolute atomic E-state index is 13.5. The van der Waals surface area contributed by atoms with Crippen LogP contribution in [0.5, 0.6) is 5.75 Å². The molecule has 0 heterocycles. The Bertz CT molecular complexity index is 486. The normalized spacial score (nSPS) is 11.2. The summed E-state index contributed by atoms with van der Waals surface area (Å²) >= 11 is 1.20. The molecule has 0 bridgehead atoms. The lowest BCUT2D eigenvalue weighted by molar-refractivity contribution is -0.151. The highest BCUT2D eigenvalue weighted by Crippen LogP contribution is 2.32. The zero-order valence-electron chi connectivity index (χ0n) is 12.2. The molecule has 0 saturated heterocycles. The molecule has 0 saturated carbocycles. The highest BCUT2D eigenvalue weighted by atomic mass is 32.2. The summed E-state index contributed by atoms with van der Waals surface area (Å²) in [5.74, 6) is -0.609. The van der Waals surface area contributed by atoms with Gasteiger partial charge in [0.2, 0.25) is 0 Å². The summed E-state index contributed by atoms with van der Waals surface area (Å²) in [6.07, 6.45) is 0. The summed E-state index contributed by atoms with van der Waals surface area (Å²) < 4.78 is 23.9. The molecule has 2 N–H and O–H groups in total. The predicted molar refractivity (Wildman–Crippen MR) is 78.6 cm³/mol. The molecule has 0 fully saturated rings. The predicted octanol–water partition coefficient (Wildman–Crippen LogP) is 3.24. The number of benzene rings is 1. The van der Waals surface area contributed by atoms with Gasteiger partial charge in [-0.05, 0) is 33.8 Å². The number of ether oxygens (including phenoxy) is 2. The first-order valence-electron chi connectivity index (χ1n) is 6.29. The molecule has 0 amide bonds. The van der Waals surface area contributed by atoms with Crippen molar-refractivity contribution < 1.29 is 18.7 Å². The summed E-state index contributed by atoms with van der Waals surface area (Å²) in [5.41, 5.74) is 5.48. The standard InChI is InChI=1S/C14H20FNO3S/c1-5-18-11-7-12(10(16)6-9(11)15)20-8-13(17)19-14(2,3)4/h6-7H,5,8,16H2,1-4H3. The van der Waals surface area contributed by atoms with Crippen molar-refractivity contribution >= 4 is 23.4 Å². The second-order valence-electron chi connectivity index (χ2n) is 5.13. The van der Waals surface area contributed by atoms with Gasteiger partial charge in [-0.15, -0.1) is 11.8 Å². The van der Waals surface area contributed by atoms with E-state index >= 15 is 0 Å². The second-order valence-corrected chi connectivity index (χ2v) is 6.15. The minimum absolute atomic E-state index is 0.110. The Morgan fingerprint density at radius 1 is 1.40 bits per heavy atom. The van der Waals surface area contributed by atoms with E-state index in [0.717, 1.165) is 0 Å². The molecule has 112 valence electrons. The minimum atomic E-state index is -0.525.